The molecule has 0 saturated carbocycles. The molecule has 0 fully saturated rings. The van der Waals surface area contributed by atoms with Gasteiger partial charge < -0.3 is 9.72 Å². The van der Waals surface area contributed by atoms with Crippen molar-refractivity contribution in [2.45, 2.75) is 19.4 Å². The summed E-state index contributed by atoms with van der Waals surface area (Å²) < 4.78 is 7.41. The Morgan fingerprint density at radius 1 is 1.17 bits per heavy atom. The van der Waals surface area contributed by atoms with E-state index >= 15 is 0 Å². The maximum atomic E-state index is 13.3. The minimum atomic E-state index is -0.244. The number of carbonyl (C=O) groups is 1. The van der Waals surface area contributed by atoms with Gasteiger partial charge in [-0.1, -0.05) is 19.1 Å². The molecule has 1 amide bonds. The molecule has 7 nitrogen and oxygen atoms in total. The molecule has 29 heavy (non-hydrogen) atoms. The van der Waals surface area contributed by atoms with Crippen LogP contribution in [0.5, 0.6) is 5.75 Å². The molecular weight excluding hydrogens is 366 g/mol. The van der Waals surface area contributed by atoms with E-state index in [0.29, 0.717) is 12.3 Å². The summed E-state index contributed by atoms with van der Waals surface area (Å²) in [5.74, 6) is 0.729. The van der Waals surface area contributed by atoms with E-state index in [9.17, 15) is 4.79 Å². The molecule has 0 unspecified atom stereocenters. The number of carbonyl (C=O) groups excluding carboxylic acids is 1. The van der Waals surface area contributed by atoms with Crippen LogP contribution >= 0.6 is 0 Å². The number of amides is 1. The van der Waals surface area contributed by atoms with E-state index in [1.807, 2.05) is 55.7 Å². The first-order valence-electron chi connectivity index (χ1n) is 9.68. The van der Waals surface area contributed by atoms with Gasteiger partial charge in [0, 0.05) is 24.5 Å². The summed E-state index contributed by atoms with van der Waals surface area (Å²) in [6.45, 7) is 2.77. The molecule has 1 aliphatic rings. The summed E-state index contributed by atoms with van der Waals surface area (Å²) in [4.78, 5) is 22.5. The summed E-state index contributed by atoms with van der Waals surface area (Å²) in [7, 11) is 1.84. The van der Waals surface area contributed by atoms with Gasteiger partial charge in [0.15, 0.2) is 5.69 Å². The predicted octanol–water partition coefficient (Wildman–Crippen LogP) is 3.84. The number of aromatic nitrogens is 4. The van der Waals surface area contributed by atoms with Crippen molar-refractivity contribution in [3.05, 3.63) is 71.8 Å². The van der Waals surface area contributed by atoms with E-state index in [0.717, 1.165) is 40.0 Å². The van der Waals surface area contributed by atoms with E-state index in [4.69, 9.17) is 4.74 Å². The van der Waals surface area contributed by atoms with Crippen LogP contribution < -0.4 is 9.64 Å². The van der Waals surface area contributed by atoms with E-state index in [1.54, 1.807) is 15.9 Å². The Morgan fingerprint density at radius 3 is 2.79 bits per heavy atom. The number of ether oxygens (including phenoxy) is 1. The van der Waals surface area contributed by atoms with Crippen molar-refractivity contribution >= 4 is 22.6 Å². The third-order valence-corrected chi connectivity index (χ3v) is 5.18. The molecule has 0 aliphatic carbocycles. The number of fused-ring (bicyclic) bond motifs is 2. The van der Waals surface area contributed by atoms with Gasteiger partial charge in [-0.3, -0.25) is 14.4 Å². The monoisotopic (exact) mass is 387 g/mol. The fourth-order valence-corrected chi connectivity index (χ4v) is 3.88. The molecule has 0 bridgehead atoms. The Bertz CT molecular complexity index is 1190. The lowest BCUT2D eigenvalue weighted by Crippen LogP contribution is -2.29. The van der Waals surface area contributed by atoms with Crippen LogP contribution in [0.3, 0.4) is 0 Å². The van der Waals surface area contributed by atoms with Crippen LogP contribution in [-0.4, -0.2) is 32.3 Å². The van der Waals surface area contributed by atoms with E-state index in [-0.39, 0.29) is 11.9 Å². The second-order valence-electron chi connectivity index (χ2n) is 7.21. The zero-order valence-corrected chi connectivity index (χ0v) is 16.3. The summed E-state index contributed by atoms with van der Waals surface area (Å²) in [5, 5.41) is 4.41. The fourth-order valence-electron chi connectivity index (χ4n) is 3.88. The molecule has 2 aromatic carbocycles. The third kappa shape index (κ3) is 2.86. The Labute approximate surface area is 167 Å². The van der Waals surface area contributed by atoms with Crippen LogP contribution in [0.2, 0.25) is 0 Å². The SMILES string of the molecule is CCCOc1ccc([C@@H]2c3cn(C)nc3C(=O)N2c2ccc3nc[nH]c3c2)cc1. The van der Waals surface area contributed by atoms with Gasteiger partial charge in [-0.25, -0.2) is 4.98 Å². The lowest BCUT2D eigenvalue weighted by Gasteiger charge is -2.26. The molecule has 146 valence electrons. The molecule has 1 N–H and O–H groups in total. The molecule has 2 aromatic heterocycles. The summed E-state index contributed by atoms with van der Waals surface area (Å²) in [5.41, 5.74) is 4.98. The maximum Gasteiger partial charge on any atom is 0.279 e. The van der Waals surface area contributed by atoms with Crippen molar-refractivity contribution in [1.82, 2.24) is 19.7 Å². The third-order valence-electron chi connectivity index (χ3n) is 5.18. The highest BCUT2D eigenvalue weighted by Gasteiger charge is 2.41. The average molecular weight is 387 g/mol. The maximum absolute atomic E-state index is 13.3. The lowest BCUT2D eigenvalue weighted by molar-refractivity contribution is 0.0988. The van der Waals surface area contributed by atoms with E-state index < -0.39 is 0 Å². The molecule has 0 spiro atoms. The van der Waals surface area contributed by atoms with Crippen molar-refractivity contribution in [3.8, 4) is 5.75 Å². The van der Waals surface area contributed by atoms with Crippen LogP contribution in [0.25, 0.3) is 11.0 Å². The lowest BCUT2D eigenvalue weighted by atomic mass is 10.0. The number of anilines is 1. The van der Waals surface area contributed by atoms with Crippen molar-refractivity contribution in [3.63, 3.8) is 0 Å². The largest absolute Gasteiger partial charge is 0.494 e. The Balaban J connectivity index is 1.59. The second-order valence-corrected chi connectivity index (χ2v) is 7.21. The zero-order chi connectivity index (χ0) is 20.0. The molecule has 5 rings (SSSR count). The molecule has 0 radical (unpaired) electrons. The Hall–Kier alpha value is -3.61. The van der Waals surface area contributed by atoms with Gasteiger partial charge in [0.05, 0.1) is 30.0 Å². The molecule has 1 aliphatic heterocycles. The number of hydrogen-bond donors (Lipinski definition) is 1. The number of H-pyrrole nitrogens is 1. The van der Waals surface area contributed by atoms with Crippen molar-refractivity contribution in [2.24, 2.45) is 7.05 Å². The van der Waals surface area contributed by atoms with Gasteiger partial charge in [-0.15, -0.1) is 0 Å². The first kappa shape index (κ1) is 17.5. The average Bonchev–Trinajstić information content (AvgIpc) is 3.41. The summed E-state index contributed by atoms with van der Waals surface area (Å²) in [6, 6.07) is 13.5. The van der Waals surface area contributed by atoms with Gasteiger partial charge in [0.25, 0.3) is 5.91 Å². The molecule has 4 aromatic rings. The second kappa shape index (κ2) is 6.77. The van der Waals surface area contributed by atoms with Crippen molar-refractivity contribution in [2.75, 3.05) is 11.5 Å². The molecular formula is C22H21N5O2. The summed E-state index contributed by atoms with van der Waals surface area (Å²) >= 11 is 0. The minimum Gasteiger partial charge on any atom is -0.494 e. The molecule has 3 heterocycles. The standard InChI is InChI=1S/C22H21N5O2/c1-3-10-29-16-7-4-14(5-8-16)21-17-12-26(2)25-20(17)22(28)27(21)15-6-9-18-19(11-15)24-13-23-18/h4-9,11-13,21H,3,10H2,1-2H3,(H,23,24)/t21-/m1/s1. The smallest absolute Gasteiger partial charge is 0.279 e. The quantitative estimate of drug-likeness (QED) is 0.565. The predicted molar refractivity (Wildman–Crippen MR) is 110 cm³/mol. The number of benzene rings is 2. The van der Waals surface area contributed by atoms with Gasteiger partial charge in [0.2, 0.25) is 0 Å². The summed E-state index contributed by atoms with van der Waals surface area (Å²) in [6.07, 6.45) is 4.54. The molecule has 0 saturated heterocycles. The van der Waals surface area contributed by atoms with Gasteiger partial charge in [-0.05, 0) is 42.3 Å². The Kier molecular flexibility index (Phi) is 4.08. The number of rotatable bonds is 5. The van der Waals surface area contributed by atoms with Crippen LogP contribution in [0.4, 0.5) is 5.69 Å². The van der Waals surface area contributed by atoms with E-state index in [1.165, 1.54) is 0 Å². The number of nitrogens with zero attached hydrogens (tertiary/aromatic N) is 4. The zero-order valence-electron chi connectivity index (χ0n) is 16.3. The van der Waals surface area contributed by atoms with Crippen molar-refractivity contribution in [1.29, 1.82) is 0 Å². The highest BCUT2D eigenvalue weighted by atomic mass is 16.5. The number of aromatic amines is 1. The fraction of sp³-hybridized carbons (Fsp3) is 0.227. The first-order valence-corrected chi connectivity index (χ1v) is 9.68. The number of hydrogen-bond acceptors (Lipinski definition) is 4. The van der Waals surface area contributed by atoms with Crippen LogP contribution in [0.15, 0.2) is 55.0 Å². The normalized spacial score (nSPS) is 15.9. The molecule has 7 heteroatoms. The van der Waals surface area contributed by atoms with Gasteiger partial charge >= 0.3 is 0 Å². The van der Waals surface area contributed by atoms with E-state index in [2.05, 4.69) is 22.0 Å². The first-order chi connectivity index (χ1) is 14.2. The topological polar surface area (TPSA) is 76.0 Å². The van der Waals surface area contributed by atoms with Crippen LogP contribution in [-0.2, 0) is 7.05 Å². The minimum absolute atomic E-state index is 0.101. The van der Waals surface area contributed by atoms with Crippen molar-refractivity contribution < 1.29 is 9.53 Å². The van der Waals surface area contributed by atoms with Crippen LogP contribution in [0, 0.1) is 0 Å². The number of nitrogens with one attached hydrogen (secondary N) is 1. The van der Waals surface area contributed by atoms with Gasteiger partial charge in [-0.2, -0.15) is 5.10 Å². The highest BCUT2D eigenvalue weighted by molar-refractivity contribution is 6.11. The number of imidazole rings is 1. The highest BCUT2D eigenvalue weighted by Crippen LogP contribution is 2.41. The van der Waals surface area contributed by atoms with Gasteiger partial charge in [0.1, 0.15) is 5.75 Å². The molecule has 1 atom stereocenters. The number of aryl methyl sites for hydroxylation is 1. The Morgan fingerprint density at radius 2 is 2.00 bits per heavy atom. The van der Waals surface area contributed by atoms with Crippen LogP contribution in [0.1, 0.15) is 41.0 Å².